The van der Waals surface area contributed by atoms with Crippen LogP contribution in [0.2, 0.25) is 0 Å². The minimum Gasteiger partial charge on any atom is -0.464 e. The van der Waals surface area contributed by atoms with Crippen LogP contribution in [0.1, 0.15) is 24.7 Å². The van der Waals surface area contributed by atoms with Gasteiger partial charge in [0.25, 0.3) is 0 Å². The van der Waals surface area contributed by atoms with Gasteiger partial charge >= 0.3 is 11.7 Å². The van der Waals surface area contributed by atoms with Crippen LogP contribution in [0.25, 0.3) is 0 Å². The third-order valence-corrected chi connectivity index (χ3v) is 3.53. The first-order valence-corrected chi connectivity index (χ1v) is 7.70. The third kappa shape index (κ3) is 4.95. The molecule has 0 aliphatic carbocycles. The number of ether oxygens (including phenoxy) is 1. The van der Waals surface area contributed by atoms with Gasteiger partial charge in [0.05, 0.1) is 18.1 Å². The minimum atomic E-state index is -0.819. The fraction of sp³-hybridized carbons (Fsp3) is 0.615. The zero-order valence-electron chi connectivity index (χ0n) is 13.2. The van der Waals surface area contributed by atoms with E-state index in [-0.39, 0.29) is 36.9 Å². The molecule has 1 heterocycles. The number of thiol groups is 1. The number of nitrogens with one attached hydrogen (secondary N) is 1. The van der Waals surface area contributed by atoms with Crippen LogP contribution in [-0.4, -0.2) is 45.0 Å². The Hall–Kier alpha value is -2.10. The molecule has 1 N–H and O–H groups in total. The van der Waals surface area contributed by atoms with E-state index in [9.17, 15) is 19.7 Å². The molecule has 0 unspecified atom stereocenters. The van der Waals surface area contributed by atoms with Crippen molar-refractivity contribution in [2.75, 3.05) is 12.4 Å². The number of hydrogen-bond acceptors (Lipinski definition) is 7. The number of hydrogen-bond donors (Lipinski definition) is 2. The molecule has 0 aliphatic rings. The molecule has 1 amide bonds. The zero-order chi connectivity index (χ0) is 17.6. The summed E-state index contributed by atoms with van der Waals surface area (Å²) in [5, 5.41) is 17.5. The lowest BCUT2D eigenvalue weighted by Crippen LogP contribution is -2.43. The number of rotatable bonds is 8. The molecule has 0 fully saturated rings. The number of carbonyl (C=O) groups is 2. The second kappa shape index (κ2) is 8.51. The SMILES string of the molecule is CCOC(=O)[C@H](CS)NC(=O)CCn1nc(C)c([N+](=O)[O-])c1C. The van der Waals surface area contributed by atoms with Crippen LogP contribution < -0.4 is 5.32 Å². The summed E-state index contributed by atoms with van der Waals surface area (Å²) in [7, 11) is 0. The highest BCUT2D eigenvalue weighted by Gasteiger charge is 2.23. The molecule has 128 valence electrons. The number of aromatic nitrogens is 2. The number of carbonyl (C=O) groups excluding carboxylic acids is 2. The van der Waals surface area contributed by atoms with Gasteiger partial charge < -0.3 is 10.1 Å². The van der Waals surface area contributed by atoms with Crippen molar-refractivity contribution in [1.82, 2.24) is 15.1 Å². The van der Waals surface area contributed by atoms with Crippen LogP contribution in [0.3, 0.4) is 0 Å². The van der Waals surface area contributed by atoms with E-state index in [1.807, 2.05) is 0 Å². The second-order valence-electron chi connectivity index (χ2n) is 4.80. The van der Waals surface area contributed by atoms with E-state index < -0.39 is 16.9 Å². The minimum absolute atomic E-state index is 0.0306. The fourth-order valence-corrected chi connectivity index (χ4v) is 2.31. The molecule has 0 aromatic carbocycles. The number of amides is 1. The van der Waals surface area contributed by atoms with Gasteiger partial charge in [-0.1, -0.05) is 0 Å². The zero-order valence-corrected chi connectivity index (χ0v) is 14.1. The van der Waals surface area contributed by atoms with Crippen LogP contribution in [0.15, 0.2) is 0 Å². The molecule has 1 atom stereocenters. The van der Waals surface area contributed by atoms with Gasteiger partial charge in [-0.05, 0) is 20.8 Å². The maximum Gasteiger partial charge on any atom is 0.329 e. The van der Waals surface area contributed by atoms with Gasteiger partial charge in [0.15, 0.2) is 0 Å². The molecule has 0 saturated heterocycles. The smallest absolute Gasteiger partial charge is 0.329 e. The Morgan fingerprint density at radius 3 is 2.61 bits per heavy atom. The Labute approximate surface area is 138 Å². The maximum absolute atomic E-state index is 11.9. The van der Waals surface area contributed by atoms with Crippen molar-refractivity contribution < 1.29 is 19.2 Å². The lowest BCUT2D eigenvalue weighted by Gasteiger charge is -2.15. The topological polar surface area (TPSA) is 116 Å². The standard InChI is InChI=1S/C13H20N4O5S/c1-4-22-13(19)10(7-23)14-11(18)5-6-16-9(3)12(17(20)21)8(2)15-16/h10,23H,4-7H2,1-3H3,(H,14,18)/t10-/m0/s1. The normalized spacial score (nSPS) is 11.8. The molecule has 0 bridgehead atoms. The molecule has 9 nitrogen and oxygen atoms in total. The summed E-state index contributed by atoms with van der Waals surface area (Å²) in [6, 6.07) is -0.819. The Morgan fingerprint density at radius 1 is 1.48 bits per heavy atom. The van der Waals surface area contributed by atoms with E-state index in [1.165, 1.54) is 4.68 Å². The lowest BCUT2D eigenvalue weighted by molar-refractivity contribution is -0.386. The third-order valence-electron chi connectivity index (χ3n) is 3.17. The van der Waals surface area contributed by atoms with Gasteiger partial charge in [0.1, 0.15) is 17.4 Å². The van der Waals surface area contributed by atoms with Crippen LogP contribution in [0.5, 0.6) is 0 Å². The monoisotopic (exact) mass is 344 g/mol. The van der Waals surface area contributed by atoms with Gasteiger partial charge in [0, 0.05) is 12.2 Å². The Bertz CT molecular complexity index is 601. The summed E-state index contributed by atoms with van der Waals surface area (Å²) >= 11 is 4.01. The van der Waals surface area contributed by atoms with Crippen LogP contribution in [0, 0.1) is 24.0 Å². The van der Waals surface area contributed by atoms with E-state index in [4.69, 9.17) is 4.74 Å². The highest BCUT2D eigenvalue weighted by Crippen LogP contribution is 2.21. The quantitative estimate of drug-likeness (QED) is 0.311. The molecular formula is C13H20N4O5S. The van der Waals surface area contributed by atoms with E-state index in [2.05, 4.69) is 23.0 Å². The second-order valence-corrected chi connectivity index (χ2v) is 5.17. The van der Waals surface area contributed by atoms with Gasteiger partial charge in [-0.25, -0.2) is 4.79 Å². The van der Waals surface area contributed by atoms with Crippen molar-refractivity contribution in [3.8, 4) is 0 Å². The predicted molar refractivity (Wildman–Crippen MR) is 85.4 cm³/mol. The number of esters is 1. The van der Waals surface area contributed by atoms with Gasteiger partial charge in [-0.2, -0.15) is 17.7 Å². The number of nitrogens with zero attached hydrogens (tertiary/aromatic N) is 3. The van der Waals surface area contributed by atoms with Gasteiger partial charge in [0.2, 0.25) is 5.91 Å². The lowest BCUT2D eigenvalue weighted by atomic mass is 10.3. The first-order valence-electron chi connectivity index (χ1n) is 7.07. The molecule has 1 aromatic rings. The van der Waals surface area contributed by atoms with Gasteiger partial charge in [-0.3, -0.25) is 19.6 Å². The number of aryl methyl sites for hydroxylation is 2. The van der Waals surface area contributed by atoms with Crippen LogP contribution in [0.4, 0.5) is 5.69 Å². The summed E-state index contributed by atoms with van der Waals surface area (Å²) in [5.74, 6) is -0.805. The largest absolute Gasteiger partial charge is 0.464 e. The predicted octanol–water partition coefficient (Wildman–Crippen LogP) is 0.776. The summed E-state index contributed by atoms with van der Waals surface area (Å²) < 4.78 is 6.24. The molecule has 10 heteroatoms. The first-order chi connectivity index (χ1) is 10.8. The number of nitro groups is 1. The molecule has 1 aromatic heterocycles. The first kappa shape index (κ1) is 18.9. The molecule has 0 spiro atoms. The molecule has 23 heavy (non-hydrogen) atoms. The summed E-state index contributed by atoms with van der Waals surface area (Å²) in [6.45, 7) is 5.18. The maximum atomic E-state index is 11.9. The molecule has 1 rings (SSSR count). The molecule has 0 aliphatic heterocycles. The van der Waals surface area contributed by atoms with Crippen molar-refractivity contribution in [3.63, 3.8) is 0 Å². The van der Waals surface area contributed by atoms with E-state index in [1.54, 1.807) is 20.8 Å². The van der Waals surface area contributed by atoms with Crippen molar-refractivity contribution in [1.29, 1.82) is 0 Å². The summed E-state index contributed by atoms with van der Waals surface area (Å²) in [5.41, 5.74) is 0.634. The average molecular weight is 344 g/mol. The molecule has 0 radical (unpaired) electrons. The Morgan fingerprint density at radius 2 is 2.13 bits per heavy atom. The fourth-order valence-electron chi connectivity index (χ4n) is 2.07. The Balaban J connectivity index is 2.65. The van der Waals surface area contributed by atoms with E-state index in [0.717, 1.165) is 0 Å². The van der Waals surface area contributed by atoms with E-state index >= 15 is 0 Å². The van der Waals surface area contributed by atoms with Crippen molar-refractivity contribution in [2.45, 2.75) is 39.8 Å². The van der Waals surface area contributed by atoms with Gasteiger partial charge in [-0.15, -0.1) is 0 Å². The summed E-state index contributed by atoms with van der Waals surface area (Å²) in [6.07, 6.45) is 0.0306. The van der Waals surface area contributed by atoms with E-state index in [0.29, 0.717) is 11.4 Å². The molecule has 0 saturated carbocycles. The highest BCUT2D eigenvalue weighted by molar-refractivity contribution is 7.80. The van der Waals surface area contributed by atoms with Crippen LogP contribution >= 0.6 is 12.6 Å². The average Bonchev–Trinajstić information content (AvgIpc) is 2.77. The van der Waals surface area contributed by atoms with Crippen LogP contribution in [-0.2, 0) is 20.9 Å². The van der Waals surface area contributed by atoms with Crippen molar-refractivity contribution in [3.05, 3.63) is 21.5 Å². The highest BCUT2D eigenvalue weighted by atomic mass is 32.1. The van der Waals surface area contributed by atoms with Crippen molar-refractivity contribution >= 4 is 30.2 Å². The van der Waals surface area contributed by atoms with Crippen molar-refractivity contribution in [2.24, 2.45) is 0 Å². The summed E-state index contributed by atoms with van der Waals surface area (Å²) in [4.78, 5) is 33.9. The molecular weight excluding hydrogens is 324 g/mol. The Kier molecular flexibility index (Phi) is 7.01.